The predicted octanol–water partition coefficient (Wildman–Crippen LogP) is 4.68. The first kappa shape index (κ1) is 20.3. The lowest BCUT2D eigenvalue weighted by molar-refractivity contribution is -0.384. The zero-order valence-corrected chi connectivity index (χ0v) is 17.5. The number of carbonyl (C=O) groups is 2. The summed E-state index contributed by atoms with van der Waals surface area (Å²) in [5, 5.41) is 13.9. The molecule has 0 radical (unpaired) electrons. The van der Waals surface area contributed by atoms with Gasteiger partial charge in [0, 0.05) is 34.1 Å². The van der Waals surface area contributed by atoms with Crippen LogP contribution in [0.3, 0.4) is 0 Å². The molecule has 31 heavy (non-hydrogen) atoms. The van der Waals surface area contributed by atoms with Gasteiger partial charge in [0.05, 0.1) is 21.7 Å². The van der Waals surface area contributed by atoms with Crippen LogP contribution in [0.15, 0.2) is 77.4 Å². The van der Waals surface area contributed by atoms with E-state index in [1.54, 1.807) is 48.7 Å². The highest BCUT2D eigenvalue weighted by Crippen LogP contribution is 2.30. The third-order valence-electron chi connectivity index (χ3n) is 4.74. The van der Waals surface area contributed by atoms with Crippen molar-refractivity contribution in [2.24, 2.45) is 0 Å². The van der Waals surface area contributed by atoms with Crippen molar-refractivity contribution in [1.82, 2.24) is 4.40 Å². The quantitative estimate of drug-likeness (QED) is 0.245. The molecule has 3 N–H and O–H groups in total. The van der Waals surface area contributed by atoms with E-state index in [1.165, 1.54) is 28.7 Å². The molecule has 0 aliphatic heterocycles. The minimum Gasteiger partial charge on any atom is -0.396 e. The second-order valence-corrected chi connectivity index (χ2v) is 7.61. The summed E-state index contributed by atoms with van der Waals surface area (Å²) in [6.07, 6.45) is 1.62. The number of hydrogen-bond acceptors (Lipinski definition) is 5. The van der Waals surface area contributed by atoms with Gasteiger partial charge in [0.15, 0.2) is 0 Å². The van der Waals surface area contributed by atoms with E-state index in [1.807, 2.05) is 0 Å². The van der Waals surface area contributed by atoms with E-state index < -0.39 is 16.6 Å². The SMILES string of the molecule is Nc1c(C(=O)Nc2ccc(Br)cc2)c2ccccn2c1C(=O)c1cccc([N+](=O)[O-])c1. The highest BCUT2D eigenvalue weighted by atomic mass is 79.9. The number of nitrogen functional groups attached to an aromatic ring is 1. The van der Waals surface area contributed by atoms with Crippen LogP contribution in [0.1, 0.15) is 26.4 Å². The molecular weight excluding hydrogens is 464 g/mol. The lowest BCUT2D eigenvalue weighted by Crippen LogP contribution is -2.14. The summed E-state index contributed by atoms with van der Waals surface area (Å²) in [5.41, 5.74) is 7.40. The lowest BCUT2D eigenvalue weighted by Gasteiger charge is -2.06. The number of nitro benzene ring substituents is 1. The van der Waals surface area contributed by atoms with Crippen LogP contribution in [0.2, 0.25) is 0 Å². The molecule has 0 bridgehead atoms. The first-order valence-electron chi connectivity index (χ1n) is 9.11. The molecule has 0 fully saturated rings. The molecule has 0 unspecified atom stereocenters. The van der Waals surface area contributed by atoms with Crippen molar-refractivity contribution < 1.29 is 14.5 Å². The van der Waals surface area contributed by atoms with Crippen LogP contribution in [0, 0.1) is 10.1 Å². The van der Waals surface area contributed by atoms with Crippen LogP contribution in [-0.4, -0.2) is 21.0 Å². The first-order chi connectivity index (χ1) is 14.9. The van der Waals surface area contributed by atoms with Gasteiger partial charge >= 0.3 is 0 Å². The summed E-state index contributed by atoms with van der Waals surface area (Å²) in [5.74, 6) is -0.994. The number of aromatic nitrogens is 1. The second-order valence-electron chi connectivity index (χ2n) is 6.69. The van der Waals surface area contributed by atoms with E-state index in [4.69, 9.17) is 5.73 Å². The third-order valence-corrected chi connectivity index (χ3v) is 5.27. The number of nitrogens with one attached hydrogen (secondary N) is 1. The van der Waals surface area contributed by atoms with E-state index in [0.717, 1.165) is 4.47 Å². The summed E-state index contributed by atoms with van der Waals surface area (Å²) in [6.45, 7) is 0. The Balaban J connectivity index is 1.81. The van der Waals surface area contributed by atoms with Gasteiger partial charge in [-0.05, 0) is 36.4 Å². The molecule has 0 saturated carbocycles. The van der Waals surface area contributed by atoms with Gasteiger partial charge in [0.1, 0.15) is 5.69 Å². The smallest absolute Gasteiger partial charge is 0.270 e. The van der Waals surface area contributed by atoms with Crippen molar-refractivity contribution in [3.63, 3.8) is 0 Å². The van der Waals surface area contributed by atoms with Crippen LogP contribution in [0.5, 0.6) is 0 Å². The van der Waals surface area contributed by atoms with Gasteiger partial charge < -0.3 is 15.5 Å². The molecule has 4 rings (SSSR count). The lowest BCUT2D eigenvalue weighted by atomic mass is 10.1. The van der Waals surface area contributed by atoms with Crippen molar-refractivity contribution in [3.8, 4) is 0 Å². The normalized spacial score (nSPS) is 10.7. The molecule has 0 aliphatic carbocycles. The topological polar surface area (TPSA) is 120 Å². The Hall–Kier alpha value is -3.98. The Labute approximate surface area is 184 Å². The van der Waals surface area contributed by atoms with E-state index in [0.29, 0.717) is 11.2 Å². The van der Waals surface area contributed by atoms with Crippen LogP contribution in [0.25, 0.3) is 5.52 Å². The fourth-order valence-electron chi connectivity index (χ4n) is 3.32. The minimum absolute atomic E-state index is 0.00248. The number of halogens is 1. The Morgan fingerprint density at radius 2 is 1.77 bits per heavy atom. The molecule has 2 heterocycles. The van der Waals surface area contributed by atoms with Gasteiger partial charge in [0.2, 0.25) is 5.78 Å². The molecule has 0 aliphatic rings. The summed E-state index contributed by atoms with van der Waals surface area (Å²) in [4.78, 5) is 36.8. The van der Waals surface area contributed by atoms with E-state index in [9.17, 15) is 19.7 Å². The largest absolute Gasteiger partial charge is 0.396 e. The third kappa shape index (κ3) is 3.78. The number of hydrogen-bond donors (Lipinski definition) is 2. The van der Waals surface area contributed by atoms with Crippen molar-refractivity contribution in [2.45, 2.75) is 0 Å². The van der Waals surface area contributed by atoms with Crippen LogP contribution in [-0.2, 0) is 0 Å². The number of non-ortho nitro benzene ring substituents is 1. The standard InChI is InChI=1S/C22H15BrN4O4/c23-14-7-9-15(10-8-14)25-22(29)18-17-6-1-2-11-26(17)20(19(18)24)21(28)13-4-3-5-16(12-13)27(30)31/h1-12H,24H2,(H,25,29). The molecule has 2 aromatic heterocycles. The van der Waals surface area contributed by atoms with Crippen molar-refractivity contribution in [2.75, 3.05) is 11.1 Å². The highest BCUT2D eigenvalue weighted by Gasteiger charge is 2.26. The number of benzene rings is 2. The first-order valence-corrected chi connectivity index (χ1v) is 9.90. The molecule has 2 aromatic carbocycles. The number of anilines is 2. The molecule has 8 nitrogen and oxygen atoms in total. The molecule has 0 atom stereocenters. The number of nitrogens with zero attached hydrogens (tertiary/aromatic N) is 2. The van der Waals surface area contributed by atoms with E-state index in [2.05, 4.69) is 21.2 Å². The number of rotatable bonds is 5. The predicted molar refractivity (Wildman–Crippen MR) is 120 cm³/mol. The highest BCUT2D eigenvalue weighted by molar-refractivity contribution is 9.10. The van der Waals surface area contributed by atoms with Crippen LogP contribution >= 0.6 is 15.9 Å². The number of nitrogens with two attached hydrogens (primary N) is 1. The van der Waals surface area contributed by atoms with Crippen LogP contribution < -0.4 is 11.1 Å². The van der Waals surface area contributed by atoms with Crippen molar-refractivity contribution >= 4 is 50.2 Å². The van der Waals surface area contributed by atoms with Gasteiger partial charge in [-0.2, -0.15) is 0 Å². The molecule has 1 amide bonds. The summed E-state index contributed by atoms with van der Waals surface area (Å²) in [6, 6.07) is 17.5. The minimum atomic E-state index is -0.576. The number of nitro groups is 1. The Kier molecular flexibility index (Phi) is 5.26. The maximum Gasteiger partial charge on any atom is 0.270 e. The molecule has 0 saturated heterocycles. The zero-order valence-electron chi connectivity index (χ0n) is 15.9. The number of ketones is 1. The number of fused-ring (bicyclic) bond motifs is 1. The average molecular weight is 479 g/mol. The fourth-order valence-corrected chi connectivity index (χ4v) is 3.59. The Morgan fingerprint density at radius 1 is 1.03 bits per heavy atom. The summed E-state index contributed by atoms with van der Waals surface area (Å²) >= 11 is 3.34. The number of pyridine rings is 1. The molecular formula is C22H15BrN4O4. The van der Waals surface area contributed by atoms with Gasteiger partial charge in [0.25, 0.3) is 11.6 Å². The van der Waals surface area contributed by atoms with Crippen molar-refractivity contribution in [1.29, 1.82) is 0 Å². The van der Waals surface area contributed by atoms with Gasteiger partial charge in [-0.15, -0.1) is 0 Å². The second kappa shape index (κ2) is 8.04. The van der Waals surface area contributed by atoms with E-state index >= 15 is 0 Å². The van der Waals surface area contributed by atoms with Gasteiger partial charge in [-0.1, -0.05) is 34.1 Å². The van der Waals surface area contributed by atoms with Crippen molar-refractivity contribution in [3.05, 3.63) is 104 Å². The molecule has 154 valence electrons. The van der Waals surface area contributed by atoms with E-state index in [-0.39, 0.29) is 28.2 Å². The Bertz CT molecular complexity index is 1350. The maximum absolute atomic E-state index is 13.2. The van der Waals surface area contributed by atoms with Gasteiger partial charge in [-0.25, -0.2) is 0 Å². The monoisotopic (exact) mass is 478 g/mol. The summed E-state index contributed by atoms with van der Waals surface area (Å²) < 4.78 is 2.39. The molecule has 9 heteroatoms. The number of amides is 1. The number of carbonyl (C=O) groups excluding carboxylic acids is 2. The zero-order chi connectivity index (χ0) is 22.1. The Morgan fingerprint density at radius 3 is 2.48 bits per heavy atom. The molecule has 0 spiro atoms. The molecule has 4 aromatic rings. The van der Waals surface area contributed by atoms with Gasteiger partial charge in [-0.3, -0.25) is 19.7 Å². The maximum atomic E-state index is 13.2. The van der Waals surface area contributed by atoms with Crippen LogP contribution in [0.4, 0.5) is 17.1 Å². The average Bonchev–Trinajstić information content (AvgIpc) is 3.06. The summed E-state index contributed by atoms with van der Waals surface area (Å²) in [7, 11) is 0. The fraction of sp³-hybridized carbons (Fsp3) is 0.